The Labute approximate surface area is 144 Å². The van der Waals surface area contributed by atoms with Crippen LogP contribution in [0.1, 0.15) is 31.3 Å². The van der Waals surface area contributed by atoms with Gasteiger partial charge in [0.1, 0.15) is 11.5 Å². The number of rotatable bonds is 5. The highest BCUT2D eigenvalue weighted by molar-refractivity contribution is 5.75. The molecule has 0 bridgehead atoms. The summed E-state index contributed by atoms with van der Waals surface area (Å²) in [6, 6.07) is 13.8. The van der Waals surface area contributed by atoms with Gasteiger partial charge in [-0.15, -0.1) is 0 Å². The summed E-state index contributed by atoms with van der Waals surface area (Å²) in [4.78, 5) is 18.7. The van der Waals surface area contributed by atoms with E-state index in [1.807, 2.05) is 44.2 Å². The first-order valence-corrected chi connectivity index (χ1v) is 7.89. The van der Waals surface area contributed by atoms with Crippen LogP contribution >= 0.6 is 0 Å². The van der Waals surface area contributed by atoms with Crippen LogP contribution in [0.15, 0.2) is 42.5 Å². The third-order valence-corrected chi connectivity index (χ3v) is 4.00. The number of fused-ring (bicyclic) bond motifs is 1. The second-order valence-electron chi connectivity index (χ2n) is 6.11. The van der Waals surface area contributed by atoms with Crippen LogP contribution in [0.2, 0.25) is 0 Å². The number of hydrogen-bond acceptors (Lipinski definition) is 5. The molecule has 3 rings (SSSR count). The molecule has 0 unspecified atom stereocenters. The van der Waals surface area contributed by atoms with Crippen molar-refractivity contribution in [3.8, 4) is 6.07 Å². The van der Waals surface area contributed by atoms with Gasteiger partial charge >= 0.3 is 0 Å². The minimum absolute atomic E-state index is 0.124. The van der Waals surface area contributed by atoms with Crippen LogP contribution in [0.4, 0.5) is 11.4 Å². The van der Waals surface area contributed by atoms with E-state index in [0.717, 1.165) is 16.9 Å². The summed E-state index contributed by atoms with van der Waals surface area (Å²) in [6.07, 6.45) is 0. The molecule has 0 aliphatic rings. The van der Waals surface area contributed by atoms with E-state index in [1.54, 1.807) is 12.1 Å². The van der Waals surface area contributed by atoms with Gasteiger partial charge in [0.15, 0.2) is 0 Å². The zero-order valence-corrected chi connectivity index (χ0v) is 13.9. The molecule has 7 nitrogen and oxygen atoms in total. The molecule has 0 aliphatic carbocycles. The van der Waals surface area contributed by atoms with Crippen LogP contribution in [0.3, 0.4) is 0 Å². The second-order valence-corrected chi connectivity index (χ2v) is 6.11. The fraction of sp³-hybridized carbons (Fsp3) is 0.222. The number of benzene rings is 2. The molecule has 126 valence electrons. The molecule has 2 aromatic carbocycles. The van der Waals surface area contributed by atoms with Crippen molar-refractivity contribution in [3.05, 3.63) is 64.0 Å². The standard InChI is InChI=1S/C18H17N5O2/c1-11(2)17(18-21-13-5-3-4-6-14(13)22-18)20-15-8-7-12(10-19)9-16(15)23(24)25/h3-9,11,17,20H,1-2H3,(H,21,22)/t17-/m0/s1. The van der Waals surface area contributed by atoms with Gasteiger partial charge in [-0.3, -0.25) is 10.1 Å². The summed E-state index contributed by atoms with van der Waals surface area (Å²) in [5, 5.41) is 23.5. The number of H-pyrrole nitrogens is 1. The van der Waals surface area contributed by atoms with Crippen molar-refractivity contribution >= 4 is 22.4 Å². The molecule has 1 aromatic heterocycles. The van der Waals surface area contributed by atoms with E-state index in [-0.39, 0.29) is 23.2 Å². The molecule has 0 spiro atoms. The molecule has 25 heavy (non-hydrogen) atoms. The molecule has 0 fully saturated rings. The van der Waals surface area contributed by atoms with Gasteiger partial charge in [-0.1, -0.05) is 26.0 Å². The molecule has 0 radical (unpaired) electrons. The highest BCUT2D eigenvalue weighted by atomic mass is 16.6. The number of anilines is 1. The Bertz CT molecular complexity index is 938. The predicted octanol–water partition coefficient (Wildman–Crippen LogP) is 4.15. The number of para-hydroxylation sites is 2. The van der Waals surface area contributed by atoms with E-state index in [0.29, 0.717) is 5.69 Å². The van der Waals surface area contributed by atoms with E-state index >= 15 is 0 Å². The molecule has 0 amide bonds. The molecular weight excluding hydrogens is 318 g/mol. The lowest BCUT2D eigenvalue weighted by molar-refractivity contribution is -0.384. The highest BCUT2D eigenvalue weighted by Crippen LogP contribution is 2.32. The SMILES string of the molecule is CC(C)[C@H](Nc1ccc(C#N)cc1[N+](=O)[O-])c1nc2ccccc2[nH]1. The molecule has 0 aliphatic heterocycles. The number of nitrogens with zero attached hydrogens (tertiary/aromatic N) is 3. The van der Waals surface area contributed by atoms with E-state index in [9.17, 15) is 10.1 Å². The molecule has 2 N–H and O–H groups in total. The van der Waals surface area contributed by atoms with Crippen molar-refractivity contribution in [1.29, 1.82) is 5.26 Å². The van der Waals surface area contributed by atoms with Gasteiger partial charge in [0.25, 0.3) is 5.69 Å². The molecule has 7 heteroatoms. The number of nitro benzene ring substituents is 1. The minimum Gasteiger partial charge on any atom is -0.369 e. The number of nitrogens with one attached hydrogen (secondary N) is 2. The lowest BCUT2D eigenvalue weighted by atomic mass is 10.0. The third kappa shape index (κ3) is 3.28. The number of nitriles is 1. The maximum absolute atomic E-state index is 11.4. The molecule has 0 saturated heterocycles. The summed E-state index contributed by atoms with van der Waals surface area (Å²) >= 11 is 0. The number of aromatic nitrogens is 2. The van der Waals surface area contributed by atoms with Crippen LogP contribution in [0.25, 0.3) is 11.0 Å². The van der Waals surface area contributed by atoms with Crippen LogP contribution < -0.4 is 5.32 Å². The number of imidazole rings is 1. The van der Waals surface area contributed by atoms with Crippen LogP contribution in [-0.4, -0.2) is 14.9 Å². The summed E-state index contributed by atoms with van der Waals surface area (Å²) in [5.41, 5.74) is 2.25. The largest absolute Gasteiger partial charge is 0.369 e. The normalized spacial score (nSPS) is 12.1. The van der Waals surface area contributed by atoms with E-state index < -0.39 is 4.92 Å². The maximum atomic E-state index is 11.4. The molecule has 1 atom stereocenters. The van der Waals surface area contributed by atoms with Crippen molar-refractivity contribution < 1.29 is 4.92 Å². The summed E-state index contributed by atoms with van der Waals surface area (Å²) in [5.74, 6) is 0.852. The van der Waals surface area contributed by atoms with Crippen LogP contribution in [-0.2, 0) is 0 Å². The van der Waals surface area contributed by atoms with Gasteiger partial charge in [-0.05, 0) is 30.2 Å². The zero-order chi connectivity index (χ0) is 18.0. The first-order valence-electron chi connectivity index (χ1n) is 7.89. The van der Waals surface area contributed by atoms with E-state index in [4.69, 9.17) is 5.26 Å². The summed E-state index contributed by atoms with van der Waals surface area (Å²) in [6.45, 7) is 4.03. The smallest absolute Gasteiger partial charge is 0.293 e. The lowest BCUT2D eigenvalue weighted by Gasteiger charge is -2.21. The van der Waals surface area contributed by atoms with Crippen LogP contribution in [0.5, 0.6) is 0 Å². The molecule has 3 aromatic rings. The first kappa shape index (κ1) is 16.5. The monoisotopic (exact) mass is 335 g/mol. The quantitative estimate of drug-likeness (QED) is 0.538. The predicted molar refractivity (Wildman–Crippen MR) is 95.1 cm³/mol. The maximum Gasteiger partial charge on any atom is 0.293 e. The van der Waals surface area contributed by atoms with Gasteiger partial charge in [0.05, 0.1) is 33.6 Å². The molecule has 0 saturated carbocycles. The van der Waals surface area contributed by atoms with Crippen molar-refractivity contribution in [1.82, 2.24) is 9.97 Å². The van der Waals surface area contributed by atoms with Crippen molar-refractivity contribution in [2.24, 2.45) is 5.92 Å². The number of hydrogen-bond donors (Lipinski definition) is 2. The highest BCUT2D eigenvalue weighted by Gasteiger charge is 2.23. The molecule has 1 heterocycles. The topological polar surface area (TPSA) is 108 Å². The molecular formula is C18H17N5O2. The Hall–Kier alpha value is -3.40. The van der Waals surface area contributed by atoms with Gasteiger partial charge in [-0.25, -0.2) is 4.98 Å². The van der Waals surface area contributed by atoms with Gasteiger partial charge < -0.3 is 10.3 Å². The fourth-order valence-corrected chi connectivity index (χ4v) is 2.71. The van der Waals surface area contributed by atoms with Crippen molar-refractivity contribution in [2.45, 2.75) is 19.9 Å². The van der Waals surface area contributed by atoms with Gasteiger partial charge in [0, 0.05) is 6.07 Å². The fourth-order valence-electron chi connectivity index (χ4n) is 2.71. The van der Waals surface area contributed by atoms with Gasteiger partial charge in [0.2, 0.25) is 0 Å². The Kier molecular flexibility index (Phi) is 4.35. The average molecular weight is 335 g/mol. The Morgan fingerprint density at radius 1 is 1.28 bits per heavy atom. The zero-order valence-electron chi connectivity index (χ0n) is 13.9. The Morgan fingerprint density at radius 3 is 2.68 bits per heavy atom. The van der Waals surface area contributed by atoms with E-state index in [2.05, 4.69) is 15.3 Å². The summed E-state index contributed by atoms with van der Waals surface area (Å²) in [7, 11) is 0. The Balaban J connectivity index is 2.00. The van der Waals surface area contributed by atoms with Crippen LogP contribution in [0, 0.1) is 27.4 Å². The average Bonchev–Trinajstić information content (AvgIpc) is 3.02. The Morgan fingerprint density at radius 2 is 2.04 bits per heavy atom. The number of nitro groups is 1. The van der Waals surface area contributed by atoms with Crippen molar-refractivity contribution in [2.75, 3.05) is 5.32 Å². The number of aromatic amines is 1. The minimum atomic E-state index is -0.487. The lowest BCUT2D eigenvalue weighted by Crippen LogP contribution is -2.19. The third-order valence-electron chi connectivity index (χ3n) is 4.00. The van der Waals surface area contributed by atoms with Gasteiger partial charge in [-0.2, -0.15) is 5.26 Å². The van der Waals surface area contributed by atoms with E-state index in [1.165, 1.54) is 6.07 Å². The second kappa shape index (κ2) is 6.61. The first-order chi connectivity index (χ1) is 12.0. The van der Waals surface area contributed by atoms with Crippen molar-refractivity contribution in [3.63, 3.8) is 0 Å². The summed E-state index contributed by atoms with van der Waals surface area (Å²) < 4.78 is 0.